The molecule has 1 amide bonds. The summed E-state index contributed by atoms with van der Waals surface area (Å²) in [6.07, 6.45) is 0.184. The Balaban J connectivity index is 1.87. The molecule has 0 fully saturated rings. The summed E-state index contributed by atoms with van der Waals surface area (Å²) in [5.41, 5.74) is 0.180. The molecule has 1 atom stereocenters. The number of likely N-dealkylation sites (N-methyl/N-ethyl adjacent to an activating group) is 1. The van der Waals surface area contributed by atoms with Gasteiger partial charge in [-0.15, -0.1) is 0 Å². The van der Waals surface area contributed by atoms with Crippen molar-refractivity contribution in [3.8, 4) is 11.5 Å². The molecule has 25 heavy (non-hydrogen) atoms. The fraction of sp³-hybridized carbons (Fsp3) is 0.556. The van der Waals surface area contributed by atoms with E-state index in [0.29, 0.717) is 6.42 Å². The van der Waals surface area contributed by atoms with Crippen LogP contribution in [0.5, 0.6) is 11.5 Å². The van der Waals surface area contributed by atoms with E-state index in [1.165, 1.54) is 11.8 Å². The van der Waals surface area contributed by atoms with Gasteiger partial charge in [-0.2, -0.15) is 0 Å². The van der Waals surface area contributed by atoms with Crippen molar-refractivity contribution in [2.45, 2.75) is 45.8 Å². The third-order valence-corrected chi connectivity index (χ3v) is 3.88. The number of rotatable bonds is 6. The van der Waals surface area contributed by atoms with Gasteiger partial charge in [0, 0.05) is 20.0 Å². The van der Waals surface area contributed by atoms with E-state index in [1.807, 2.05) is 25.1 Å². The molecule has 0 aromatic heterocycles. The van der Waals surface area contributed by atoms with Crippen LogP contribution in [-0.4, -0.2) is 49.1 Å². The number of carbonyl (C=O) groups excluding carboxylic acids is 2. The molecular formula is C18H25NO6. The van der Waals surface area contributed by atoms with Crippen molar-refractivity contribution >= 4 is 12.1 Å². The highest BCUT2D eigenvalue weighted by molar-refractivity contribution is 5.68. The Hall–Kier alpha value is -2.44. The predicted octanol–water partition coefficient (Wildman–Crippen LogP) is 2.76. The molecule has 1 aromatic carbocycles. The molecule has 0 spiro atoms. The van der Waals surface area contributed by atoms with Crippen molar-refractivity contribution in [1.82, 2.24) is 4.90 Å². The van der Waals surface area contributed by atoms with Crippen LogP contribution in [0.1, 0.15) is 33.3 Å². The van der Waals surface area contributed by atoms with Gasteiger partial charge in [0.05, 0.1) is 0 Å². The van der Waals surface area contributed by atoms with Gasteiger partial charge in [0.2, 0.25) is 6.79 Å². The van der Waals surface area contributed by atoms with Crippen molar-refractivity contribution < 1.29 is 28.5 Å². The summed E-state index contributed by atoms with van der Waals surface area (Å²) in [5, 5.41) is 0. The molecule has 7 nitrogen and oxygen atoms in total. The van der Waals surface area contributed by atoms with Crippen LogP contribution >= 0.6 is 0 Å². The second-order valence-electron chi connectivity index (χ2n) is 6.76. The molecule has 2 rings (SSSR count). The lowest BCUT2D eigenvalue weighted by molar-refractivity contribution is -0.157. The first-order valence-corrected chi connectivity index (χ1v) is 8.15. The monoisotopic (exact) mass is 351 g/mol. The number of ether oxygens (including phenoxy) is 4. The number of benzene rings is 1. The van der Waals surface area contributed by atoms with Gasteiger partial charge in [0.25, 0.3) is 0 Å². The van der Waals surface area contributed by atoms with Crippen LogP contribution in [0.15, 0.2) is 18.2 Å². The maximum Gasteiger partial charge on any atom is 0.409 e. The van der Waals surface area contributed by atoms with Crippen LogP contribution in [0.3, 0.4) is 0 Å². The number of hydrogen-bond donors (Lipinski definition) is 0. The van der Waals surface area contributed by atoms with Gasteiger partial charge >= 0.3 is 12.1 Å². The van der Waals surface area contributed by atoms with Crippen molar-refractivity contribution in [3.63, 3.8) is 0 Å². The summed E-state index contributed by atoms with van der Waals surface area (Å²) in [6, 6.07) is 5.66. The standard InChI is InChI=1S/C18H25NO6/c1-12(8-14-6-7-15-16(9-14)24-11-23-15)19(5)17(21)22-10-18(3,4)25-13(2)20/h6-7,9,12H,8,10-11H2,1-5H3. The lowest BCUT2D eigenvalue weighted by Gasteiger charge is -2.28. The average molecular weight is 351 g/mol. The molecule has 138 valence electrons. The van der Waals surface area contributed by atoms with E-state index in [-0.39, 0.29) is 19.4 Å². The number of hydrogen-bond acceptors (Lipinski definition) is 6. The summed E-state index contributed by atoms with van der Waals surface area (Å²) < 4.78 is 21.0. The Labute approximate surface area is 147 Å². The normalized spacial score (nSPS) is 14.0. The van der Waals surface area contributed by atoms with Crippen molar-refractivity contribution in [2.75, 3.05) is 20.4 Å². The predicted molar refractivity (Wildman–Crippen MR) is 90.7 cm³/mol. The molecule has 0 saturated carbocycles. The van der Waals surface area contributed by atoms with Crippen LogP contribution in [-0.2, 0) is 20.7 Å². The maximum atomic E-state index is 12.2. The lowest BCUT2D eigenvalue weighted by Crippen LogP contribution is -2.40. The second kappa shape index (κ2) is 7.63. The summed E-state index contributed by atoms with van der Waals surface area (Å²) >= 11 is 0. The highest BCUT2D eigenvalue weighted by Gasteiger charge is 2.26. The SMILES string of the molecule is CC(=O)OC(C)(C)COC(=O)N(C)C(C)Cc1ccc2c(c1)OCO2. The Morgan fingerprint density at radius 1 is 1.28 bits per heavy atom. The smallest absolute Gasteiger partial charge is 0.409 e. The number of carbonyl (C=O) groups is 2. The van der Waals surface area contributed by atoms with Gasteiger partial charge in [-0.05, 0) is 44.9 Å². The summed E-state index contributed by atoms with van der Waals surface area (Å²) in [4.78, 5) is 24.8. The topological polar surface area (TPSA) is 74.3 Å². The van der Waals surface area contributed by atoms with Crippen molar-refractivity contribution in [2.24, 2.45) is 0 Å². The minimum absolute atomic E-state index is 0.00744. The van der Waals surface area contributed by atoms with Gasteiger partial charge in [0.15, 0.2) is 11.5 Å². The van der Waals surface area contributed by atoms with E-state index in [2.05, 4.69) is 0 Å². The summed E-state index contributed by atoms with van der Waals surface area (Å²) in [6.45, 7) is 6.87. The minimum atomic E-state index is -0.858. The number of fused-ring (bicyclic) bond motifs is 1. The first kappa shape index (κ1) is 18.9. The van der Waals surface area contributed by atoms with E-state index >= 15 is 0 Å². The first-order chi connectivity index (χ1) is 11.7. The van der Waals surface area contributed by atoms with Gasteiger partial charge < -0.3 is 23.8 Å². The fourth-order valence-electron chi connectivity index (χ4n) is 2.48. The molecule has 0 radical (unpaired) electrons. The molecule has 1 aromatic rings. The Morgan fingerprint density at radius 3 is 2.64 bits per heavy atom. The van der Waals surface area contributed by atoms with Gasteiger partial charge in [-0.1, -0.05) is 6.07 Å². The first-order valence-electron chi connectivity index (χ1n) is 8.15. The number of amides is 1. The fourth-order valence-corrected chi connectivity index (χ4v) is 2.48. The zero-order valence-corrected chi connectivity index (χ0v) is 15.3. The Bertz CT molecular complexity index is 642. The maximum absolute atomic E-state index is 12.2. The molecule has 7 heteroatoms. The summed E-state index contributed by atoms with van der Waals surface area (Å²) in [7, 11) is 1.68. The van der Waals surface area contributed by atoms with Crippen LogP contribution in [0, 0.1) is 0 Å². The zero-order chi connectivity index (χ0) is 18.6. The zero-order valence-electron chi connectivity index (χ0n) is 15.3. The summed E-state index contributed by atoms with van der Waals surface area (Å²) in [5.74, 6) is 1.04. The number of esters is 1. The van der Waals surface area contributed by atoms with Crippen LogP contribution in [0.4, 0.5) is 4.79 Å². The van der Waals surface area contributed by atoms with Crippen molar-refractivity contribution in [3.05, 3.63) is 23.8 Å². The van der Waals surface area contributed by atoms with E-state index < -0.39 is 17.7 Å². The molecule has 1 aliphatic rings. The van der Waals surface area contributed by atoms with Crippen LogP contribution in [0.2, 0.25) is 0 Å². The molecule has 0 N–H and O–H groups in total. The van der Waals surface area contributed by atoms with Gasteiger partial charge in [-0.3, -0.25) is 4.79 Å². The largest absolute Gasteiger partial charge is 0.456 e. The number of nitrogens with zero attached hydrogens (tertiary/aromatic N) is 1. The van der Waals surface area contributed by atoms with E-state index in [4.69, 9.17) is 18.9 Å². The third kappa shape index (κ3) is 5.27. The molecule has 1 aliphatic heterocycles. The molecular weight excluding hydrogens is 326 g/mol. The Kier molecular flexibility index (Phi) is 5.77. The lowest BCUT2D eigenvalue weighted by atomic mass is 10.1. The minimum Gasteiger partial charge on any atom is -0.456 e. The molecule has 0 saturated heterocycles. The molecule has 0 aliphatic carbocycles. The second-order valence-corrected chi connectivity index (χ2v) is 6.76. The van der Waals surface area contributed by atoms with Gasteiger partial charge in [-0.25, -0.2) is 4.79 Å². The highest BCUT2D eigenvalue weighted by atomic mass is 16.7. The third-order valence-electron chi connectivity index (χ3n) is 3.88. The van der Waals surface area contributed by atoms with E-state index in [1.54, 1.807) is 20.9 Å². The van der Waals surface area contributed by atoms with Crippen molar-refractivity contribution in [1.29, 1.82) is 0 Å². The van der Waals surface area contributed by atoms with Crippen LogP contribution in [0.25, 0.3) is 0 Å². The highest BCUT2D eigenvalue weighted by Crippen LogP contribution is 2.33. The van der Waals surface area contributed by atoms with E-state index in [9.17, 15) is 9.59 Å². The van der Waals surface area contributed by atoms with Crippen LogP contribution < -0.4 is 9.47 Å². The molecule has 0 bridgehead atoms. The van der Waals surface area contributed by atoms with E-state index in [0.717, 1.165) is 17.1 Å². The average Bonchev–Trinajstić information content (AvgIpc) is 2.98. The van der Waals surface area contributed by atoms with Gasteiger partial charge in [0.1, 0.15) is 12.2 Å². The molecule has 1 unspecified atom stereocenters. The molecule has 1 heterocycles. The quantitative estimate of drug-likeness (QED) is 0.734. The Morgan fingerprint density at radius 2 is 1.96 bits per heavy atom.